The smallest absolute Gasteiger partial charge is 0.317 e. The Bertz CT molecular complexity index is 907. The van der Waals surface area contributed by atoms with Crippen LogP contribution in [0.15, 0.2) is 57.9 Å². The van der Waals surface area contributed by atoms with Gasteiger partial charge in [-0.05, 0) is 43.2 Å². The lowest BCUT2D eigenvalue weighted by atomic mass is 10.1. The van der Waals surface area contributed by atoms with Gasteiger partial charge in [0.15, 0.2) is 0 Å². The van der Waals surface area contributed by atoms with Gasteiger partial charge in [0.1, 0.15) is 0 Å². The molecule has 0 radical (unpaired) electrons. The van der Waals surface area contributed by atoms with Crippen LogP contribution in [0.4, 0.5) is 4.79 Å². The van der Waals surface area contributed by atoms with Gasteiger partial charge >= 0.3 is 6.03 Å². The summed E-state index contributed by atoms with van der Waals surface area (Å²) in [5.41, 5.74) is 2.17. The fraction of sp³-hybridized carbons (Fsp3) is 0.350. The maximum atomic E-state index is 12.7. The molecule has 2 aromatic rings. The Kier molecular flexibility index (Phi) is 6.74. The van der Waals surface area contributed by atoms with Gasteiger partial charge in [0.05, 0.1) is 4.90 Å². The highest BCUT2D eigenvalue weighted by molar-refractivity contribution is 9.10. The van der Waals surface area contributed by atoms with Gasteiger partial charge in [0.2, 0.25) is 10.0 Å². The molecule has 3 rings (SSSR count). The first-order valence-corrected chi connectivity index (χ1v) is 11.4. The number of urea groups is 1. The molecule has 2 aromatic carbocycles. The average Bonchev–Trinajstić information content (AvgIpc) is 2.70. The zero-order valence-electron chi connectivity index (χ0n) is 15.8. The maximum absolute atomic E-state index is 12.7. The van der Waals surface area contributed by atoms with Crippen LogP contribution >= 0.6 is 15.9 Å². The van der Waals surface area contributed by atoms with Crippen LogP contribution in [0.2, 0.25) is 0 Å². The number of carbonyl (C=O) groups excluding carboxylic acids is 1. The lowest BCUT2D eigenvalue weighted by Crippen LogP contribution is -2.53. The molecular formula is C20H24BrN3O3S. The molecular weight excluding hydrogens is 442 g/mol. The van der Waals surface area contributed by atoms with Gasteiger partial charge < -0.3 is 10.2 Å². The molecule has 150 valence electrons. The number of nitrogens with one attached hydrogen (secondary N) is 1. The third kappa shape index (κ3) is 5.12. The van der Waals surface area contributed by atoms with Crippen molar-refractivity contribution in [1.82, 2.24) is 14.5 Å². The third-order valence-electron chi connectivity index (χ3n) is 4.79. The number of nitrogens with zero attached hydrogens (tertiary/aromatic N) is 2. The second-order valence-electron chi connectivity index (χ2n) is 6.81. The van der Waals surface area contributed by atoms with Crippen LogP contribution in [0.1, 0.15) is 11.1 Å². The van der Waals surface area contributed by atoms with Crippen LogP contribution in [0, 0.1) is 6.92 Å². The van der Waals surface area contributed by atoms with Crippen LogP contribution in [0.3, 0.4) is 0 Å². The normalized spacial score (nSPS) is 15.4. The third-order valence-corrected chi connectivity index (χ3v) is 7.23. The molecule has 0 spiro atoms. The molecule has 2 amide bonds. The Morgan fingerprint density at radius 2 is 1.61 bits per heavy atom. The molecule has 1 fully saturated rings. The summed E-state index contributed by atoms with van der Waals surface area (Å²) in [6.45, 7) is 3.84. The van der Waals surface area contributed by atoms with Crippen molar-refractivity contribution in [2.24, 2.45) is 0 Å². The van der Waals surface area contributed by atoms with Crippen LogP contribution < -0.4 is 5.32 Å². The highest BCUT2D eigenvalue weighted by Gasteiger charge is 2.29. The van der Waals surface area contributed by atoms with Gasteiger partial charge in [-0.15, -0.1) is 0 Å². The molecule has 1 saturated heterocycles. The van der Waals surface area contributed by atoms with Crippen molar-refractivity contribution in [2.75, 3.05) is 32.7 Å². The number of benzene rings is 2. The molecule has 0 saturated carbocycles. The fourth-order valence-corrected chi connectivity index (χ4v) is 4.75. The van der Waals surface area contributed by atoms with E-state index in [-0.39, 0.29) is 6.03 Å². The summed E-state index contributed by atoms with van der Waals surface area (Å²) in [6, 6.07) is 14.7. The lowest BCUT2D eigenvalue weighted by molar-refractivity contribution is 0.172. The van der Waals surface area contributed by atoms with Crippen molar-refractivity contribution in [3.63, 3.8) is 0 Å². The first-order valence-electron chi connectivity index (χ1n) is 9.20. The van der Waals surface area contributed by atoms with E-state index in [1.54, 1.807) is 29.2 Å². The number of rotatable bonds is 5. The number of sulfonamides is 1. The zero-order chi connectivity index (χ0) is 20.1. The number of hydrogen-bond donors (Lipinski definition) is 1. The van der Waals surface area contributed by atoms with Crippen molar-refractivity contribution >= 4 is 32.0 Å². The SMILES string of the molecule is Cc1ccc(S(=O)(=O)N2CCN(C(=O)NCCc3ccc(Br)cc3)CC2)cc1. The minimum Gasteiger partial charge on any atom is -0.338 e. The summed E-state index contributed by atoms with van der Waals surface area (Å²) in [4.78, 5) is 14.3. The first kappa shape index (κ1) is 20.8. The molecule has 0 aliphatic carbocycles. The van der Waals surface area contributed by atoms with E-state index in [9.17, 15) is 13.2 Å². The average molecular weight is 466 g/mol. The number of aryl methyl sites for hydroxylation is 1. The predicted octanol–water partition coefficient (Wildman–Crippen LogP) is 3.02. The van der Waals surface area contributed by atoms with E-state index in [4.69, 9.17) is 0 Å². The van der Waals surface area contributed by atoms with Crippen molar-refractivity contribution in [3.05, 3.63) is 64.1 Å². The quantitative estimate of drug-likeness (QED) is 0.737. The Morgan fingerprint density at radius 1 is 1.00 bits per heavy atom. The summed E-state index contributed by atoms with van der Waals surface area (Å²) in [5.74, 6) is 0. The summed E-state index contributed by atoms with van der Waals surface area (Å²) in [6.07, 6.45) is 0.751. The number of carbonyl (C=O) groups is 1. The van der Waals surface area contributed by atoms with Crippen LogP contribution in [-0.2, 0) is 16.4 Å². The molecule has 0 unspecified atom stereocenters. The first-order chi connectivity index (χ1) is 13.4. The van der Waals surface area contributed by atoms with Crippen molar-refractivity contribution < 1.29 is 13.2 Å². The van der Waals surface area contributed by atoms with Gasteiger partial charge in [-0.2, -0.15) is 4.31 Å². The number of amides is 2. The Hall–Kier alpha value is -1.90. The number of halogens is 1. The van der Waals surface area contributed by atoms with E-state index < -0.39 is 10.0 Å². The van der Waals surface area contributed by atoms with E-state index >= 15 is 0 Å². The van der Waals surface area contributed by atoms with E-state index in [0.29, 0.717) is 37.6 Å². The van der Waals surface area contributed by atoms with E-state index in [1.165, 1.54) is 4.31 Å². The molecule has 6 nitrogen and oxygen atoms in total. The van der Waals surface area contributed by atoms with Crippen molar-refractivity contribution in [2.45, 2.75) is 18.2 Å². The van der Waals surface area contributed by atoms with Crippen LogP contribution in [-0.4, -0.2) is 56.4 Å². The summed E-state index contributed by atoms with van der Waals surface area (Å²) >= 11 is 3.40. The molecule has 28 heavy (non-hydrogen) atoms. The lowest BCUT2D eigenvalue weighted by Gasteiger charge is -2.34. The summed E-state index contributed by atoms with van der Waals surface area (Å²) in [5, 5.41) is 2.91. The Morgan fingerprint density at radius 3 is 2.21 bits per heavy atom. The Labute approximate surface area is 174 Å². The van der Waals surface area contributed by atoms with Gasteiger partial charge in [-0.25, -0.2) is 13.2 Å². The molecule has 0 bridgehead atoms. The highest BCUT2D eigenvalue weighted by Crippen LogP contribution is 2.18. The van der Waals surface area contributed by atoms with E-state index in [0.717, 1.165) is 22.0 Å². The molecule has 8 heteroatoms. The summed E-state index contributed by atoms with van der Waals surface area (Å²) in [7, 11) is -3.51. The molecule has 1 N–H and O–H groups in total. The summed E-state index contributed by atoms with van der Waals surface area (Å²) < 4.78 is 27.9. The van der Waals surface area contributed by atoms with Gasteiger partial charge in [0, 0.05) is 37.2 Å². The number of hydrogen-bond acceptors (Lipinski definition) is 3. The largest absolute Gasteiger partial charge is 0.338 e. The second kappa shape index (κ2) is 9.07. The Balaban J connectivity index is 1.48. The monoisotopic (exact) mass is 465 g/mol. The zero-order valence-corrected chi connectivity index (χ0v) is 18.2. The predicted molar refractivity (Wildman–Crippen MR) is 113 cm³/mol. The topological polar surface area (TPSA) is 69.7 Å². The van der Waals surface area contributed by atoms with E-state index in [2.05, 4.69) is 21.2 Å². The van der Waals surface area contributed by atoms with Crippen molar-refractivity contribution in [1.29, 1.82) is 0 Å². The number of piperazine rings is 1. The molecule has 1 aliphatic heterocycles. The molecule has 1 aliphatic rings. The minimum absolute atomic E-state index is 0.149. The fourth-order valence-electron chi connectivity index (χ4n) is 3.07. The van der Waals surface area contributed by atoms with Gasteiger partial charge in [-0.3, -0.25) is 0 Å². The van der Waals surface area contributed by atoms with Gasteiger partial charge in [0.25, 0.3) is 0 Å². The molecule has 0 aromatic heterocycles. The van der Waals surface area contributed by atoms with E-state index in [1.807, 2.05) is 31.2 Å². The molecule has 1 heterocycles. The van der Waals surface area contributed by atoms with Crippen LogP contribution in [0.25, 0.3) is 0 Å². The highest BCUT2D eigenvalue weighted by atomic mass is 79.9. The van der Waals surface area contributed by atoms with Gasteiger partial charge in [-0.1, -0.05) is 45.8 Å². The van der Waals surface area contributed by atoms with Crippen LogP contribution in [0.5, 0.6) is 0 Å². The standard InChI is InChI=1S/C20H24BrN3O3S/c1-16-2-8-19(9-3-16)28(26,27)24-14-12-23(13-15-24)20(25)22-11-10-17-4-6-18(21)7-5-17/h2-9H,10-15H2,1H3,(H,22,25). The second-order valence-corrected chi connectivity index (χ2v) is 9.67. The molecule has 0 atom stereocenters. The minimum atomic E-state index is -3.51. The maximum Gasteiger partial charge on any atom is 0.317 e. The van der Waals surface area contributed by atoms with Crippen molar-refractivity contribution in [3.8, 4) is 0 Å².